The molecular weight excluding hydrogens is 180 g/mol. The summed E-state index contributed by atoms with van der Waals surface area (Å²) < 4.78 is 10.2. The maximum absolute atomic E-state index is 5.25. The van der Waals surface area contributed by atoms with Gasteiger partial charge in [-0.25, -0.2) is 0 Å². The fourth-order valence-electron chi connectivity index (χ4n) is 0.544. The summed E-state index contributed by atoms with van der Waals surface area (Å²) in [6.45, 7) is 14.2. The van der Waals surface area contributed by atoms with E-state index >= 15 is 0 Å². The zero-order valence-electron chi connectivity index (χ0n) is 11.0. The molecule has 0 rings (SSSR count). The molecule has 0 radical (unpaired) electrons. The average Bonchev–Trinajstić information content (AvgIpc) is 1.84. The van der Waals surface area contributed by atoms with Crippen molar-refractivity contribution >= 4 is 0 Å². The fraction of sp³-hybridized carbons (Fsp3) is 1.00. The smallest absolute Gasteiger partial charge is 0.0594 e. The molecule has 0 aliphatic carbocycles. The first-order valence-electron chi connectivity index (χ1n) is 4.89. The van der Waals surface area contributed by atoms with E-state index in [2.05, 4.69) is 0 Å². The third-order valence-electron chi connectivity index (χ3n) is 1.16. The van der Waals surface area contributed by atoms with E-state index in [9.17, 15) is 0 Å². The molecule has 0 saturated heterocycles. The Kier molecular flexibility index (Phi) is 13.1. The first kappa shape index (κ1) is 19.5. The van der Waals surface area contributed by atoms with Crippen LogP contribution in [0.15, 0.2) is 0 Å². The molecule has 0 atom stereocenters. The van der Waals surface area contributed by atoms with Crippen LogP contribution in [0.4, 0.5) is 0 Å². The molecule has 0 fully saturated rings. The van der Waals surface area contributed by atoms with Gasteiger partial charge in [-0.3, -0.25) is 0 Å². The van der Waals surface area contributed by atoms with E-state index in [-0.39, 0.29) is 11.1 Å². The largest absolute Gasteiger partial charge is 0.412 e. The standard InChI is InChI=1S/C6H14O.C5H12O.H2O/c1-5(2)7-6(3)4;1-5(2,3)6-4;/h5-6H,1-4H3;1-4H3;1H2. The zero-order chi connectivity index (χ0) is 11.1. The minimum atomic E-state index is 0. The van der Waals surface area contributed by atoms with Gasteiger partial charge in [-0.1, -0.05) is 0 Å². The molecule has 0 aromatic heterocycles. The third-order valence-corrected chi connectivity index (χ3v) is 1.16. The summed E-state index contributed by atoms with van der Waals surface area (Å²) in [6.07, 6.45) is 0.750. The Balaban J connectivity index is -0.000000163. The van der Waals surface area contributed by atoms with Crippen molar-refractivity contribution in [3.8, 4) is 0 Å². The maximum Gasteiger partial charge on any atom is 0.0594 e. The Morgan fingerprint density at radius 3 is 1.07 bits per heavy atom. The Hall–Kier alpha value is -0.120. The van der Waals surface area contributed by atoms with Crippen molar-refractivity contribution in [2.45, 2.75) is 66.3 Å². The molecule has 0 bridgehead atoms. The Bertz CT molecular complexity index is 97.6. The predicted molar refractivity (Wildman–Crippen MR) is 61.7 cm³/mol. The molecule has 14 heavy (non-hydrogen) atoms. The molecule has 90 valence electrons. The monoisotopic (exact) mass is 208 g/mol. The summed E-state index contributed by atoms with van der Waals surface area (Å²) in [4.78, 5) is 0. The highest BCUT2D eigenvalue weighted by molar-refractivity contribution is 4.55. The van der Waals surface area contributed by atoms with Crippen molar-refractivity contribution in [2.75, 3.05) is 7.11 Å². The lowest BCUT2D eigenvalue weighted by molar-refractivity contribution is 0.0300. The van der Waals surface area contributed by atoms with E-state index in [1.54, 1.807) is 7.11 Å². The molecule has 0 unspecified atom stereocenters. The van der Waals surface area contributed by atoms with E-state index in [0.717, 1.165) is 0 Å². The highest BCUT2D eigenvalue weighted by Gasteiger charge is 2.04. The number of hydrogen-bond donors (Lipinski definition) is 0. The minimum Gasteiger partial charge on any atom is -0.412 e. The Morgan fingerprint density at radius 2 is 1.07 bits per heavy atom. The highest BCUT2D eigenvalue weighted by atomic mass is 16.5. The van der Waals surface area contributed by atoms with Gasteiger partial charge in [0.1, 0.15) is 0 Å². The van der Waals surface area contributed by atoms with E-state index in [1.807, 2.05) is 48.5 Å². The molecular formula is C11H28O3. The van der Waals surface area contributed by atoms with E-state index in [4.69, 9.17) is 9.47 Å². The average molecular weight is 208 g/mol. The molecule has 0 spiro atoms. The van der Waals surface area contributed by atoms with Crippen molar-refractivity contribution < 1.29 is 14.9 Å². The molecule has 3 nitrogen and oxygen atoms in total. The van der Waals surface area contributed by atoms with Gasteiger partial charge in [-0.2, -0.15) is 0 Å². The van der Waals surface area contributed by atoms with Crippen LogP contribution in [0.25, 0.3) is 0 Å². The van der Waals surface area contributed by atoms with Gasteiger partial charge in [0.25, 0.3) is 0 Å². The molecule has 3 heteroatoms. The molecule has 2 N–H and O–H groups in total. The Labute approximate surface area is 89.1 Å². The predicted octanol–water partition coefficient (Wildman–Crippen LogP) is 2.43. The van der Waals surface area contributed by atoms with Crippen molar-refractivity contribution in [3.63, 3.8) is 0 Å². The van der Waals surface area contributed by atoms with Crippen LogP contribution in [-0.2, 0) is 9.47 Å². The second kappa shape index (κ2) is 9.44. The van der Waals surface area contributed by atoms with Crippen molar-refractivity contribution in [2.24, 2.45) is 0 Å². The second-order valence-electron chi connectivity index (χ2n) is 4.55. The number of hydrogen-bond acceptors (Lipinski definition) is 2. The van der Waals surface area contributed by atoms with Crippen LogP contribution in [0, 0.1) is 0 Å². The third kappa shape index (κ3) is 29.7. The summed E-state index contributed by atoms with van der Waals surface area (Å²) in [6, 6.07) is 0. The number of methoxy groups -OCH3 is 1. The molecule has 0 aromatic rings. The molecule has 0 aliphatic heterocycles. The number of rotatable bonds is 2. The molecule has 0 aromatic carbocycles. The summed E-state index contributed by atoms with van der Waals surface area (Å²) >= 11 is 0. The first-order valence-corrected chi connectivity index (χ1v) is 4.89. The lowest BCUT2D eigenvalue weighted by Gasteiger charge is -2.14. The van der Waals surface area contributed by atoms with Gasteiger partial charge < -0.3 is 14.9 Å². The summed E-state index contributed by atoms with van der Waals surface area (Å²) in [5.41, 5.74) is 0.0417. The molecule has 0 amide bonds. The Morgan fingerprint density at radius 1 is 0.857 bits per heavy atom. The SMILES string of the molecule is CC(C)OC(C)C.COC(C)(C)C.O. The van der Waals surface area contributed by atoms with Crippen LogP contribution in [0.5, 0.6) is 0 Å². The van der Waals surface area contributed by atoms with Crippen LogP contribution in [0.1, 0.15) is 48.5 Å². The minimum absolute atomic E-state index is 0. The van der Waals surface area contributed by atoms with Crippen LogP contribution in [0.3, 0.4) is 0 Å². The quantitative estimate of drug-likeness (QED) is 0.699. The van der Waals surface area contributed by atoms with Crippen molar-refractivity contribution in [1.29, 1.82) is 0 Å². The van der Waals surface area contributed by atoms with Crippen molar-refractivity contribution in [1.82, 2.24) is 0 Å². The van der Waals surface area contributed by atoms with Gasteiger partial charge in [0.05, 0.1) is 17.8 Å². The van der Waals surface area contributed by atoms with Gasteiger partial charge in [0, 0.05) is 7.11 Å². The van der Waals surface area contributed by atoms with Crippen LogP contribution >= 0.6 is 0 Å². The fourth-order valence-corrected chi connectivity index (χ4v) is 0.544. The topological polar surface area (TPSA) is 50.0 Å². The molecule has 0 saturated carbocycles. The molecule has 0 heterocycles. The van der Waals surface area contributed by atoms with Crippen LogP contribution in [-0.4, -0.2) is 30.4 Å². The van der Waals surface area contributed by atoms with E-state index < -0.39 is 0 Å². The van der Waals surface area contributed by atoms with Gasteiger partial charge >= 0.3 is 0 Å². The van der Waals surface area contributed by atoms with Crippen molar-refractivity contribution in [3.05, 3.63) is 0 Å². The first-order chi connectivity index (χ1) is 5.69. The highest BCUT2D eigenvalue weighted by Crippen LogP contribution is 2.02. The lowest BCUT2D eigenvalue weighted by Crippen LogP contribution is -2.15. The lowest BCUT2D eigenvalue weighted by atomic mass is 10.2. The van der Waals surface area contributed by atoms with Gasteiger partial charge in [0.2, 0.25) is 0 Å². The van der Waals surface area contributed by atoms with Gasteiger partial charge in [-0.15, -0.1) is 0 Å². The second-order valence-corrected chi connectivity index (χ2v) is 4.55. The maximum atomic E-state index is 5.25. The van der Waals surface area contributed by atoms with E-state index in [1.165, 1.54) is 0 Å². The normalized spacial score (nSPS) is 10.7. The summed E-state index contributed by atoms with van der Waals surface area (Å²) in [5.74, 6) is 0. The van der Waals surface area contributed by atoms with Crippen LogP contribution < -0.4 is 0 Å². The van der Waals surface area contributed by atoms with Gasteiger partial charge in [-0.05, 0) is 48.5 Å². The zero-order valence-corrected chi connectivity index (χ0v) is 11.0. The van der Waals surface area contributed by atoms with E-state index in [0.29, 0.717) is 12.2 Å². The number of ether oxygens (including phenoxy) is 2. The summed E-state index contributed by atoms with van der Waals surface area (Å²) in [5, 5.41) is 0. The van der Waals surface area contributed by atoms with Crippen LogP contribution in [0.2, 0.25) is 0 Å². The van der Waals surface area contributed by atoms with Gasteiger partial charge in [0.15, 0.2) is 0 Å². The molecule has 0 aliphatic rings. The summed E-state index contributed by atoms with van der Waals surface area (Å²) in [7, 11) is 1.71.